The van der Waals surface area contributed by atoms with Gasteiger partial charge < -0.3 is 10.6 Å². The maximum atomic E-state index is 5.67. The van der Waals surface area contributed by atoms with Crippen LogP contribution in [0.1, 0.15) is 19.8 Å². The van der Waals surface area contributed by atoms with Gasteiger partial charge in [-0.05, 0) is 12.3 Å². The largest absolute Gasteiger partial charge is 0.370 e. The van der Waals surface area contributed by atoms with Crippen molar-refractivity contribution in [2.75, 3.05) is 20.1 Å². The van der Waals surface area contributed by atoms with Gasteiger partial charge in [0.05, 0.1) is 0 Å². The molecule has 0 aromatic rings. The Morgan fingerprint density at radius 3 is 2.91 bits per heavy atom. The van der Waals surface area contributed by atoms with Crippen LogP contribution >= 0.6 is 0 Å². The van der Waals surface area contributed by atoms with Crippen molar-refractivity contribution < 1.29 is 0 Å². The number of nitrogens with two attached hydrogens (primary N) is 1. The molecule has 0 aromatic heterocycles. The van der Waals surface area contributed by atoms with Crippen LogP contribution in [0.15, 0.2) is 4.99 Å². The zero-order chi connectivity index (χ0) is 8.27. The molecule has 0 radical (unpaired) electrons. The molecule has 1 rings (SSSR count). The molecule has 0 amide bonds. The average molecular weight is 155 g/mol. The highest BCUT2D eigenvalue weighted by Crippen LogP contribution is 2.18. The van der Waals surface area contributed by atoms with Gasteiger partial charge in [0.2, 0.25) is 0 Å². The summed E-state index contributed by atoms with van der Waals surface area (Å²) in [5, 5.41) is 0. The molecule has 2 N–H and O–H groups in total. The van der Waals surface area contributed by atoms with Crippen molar-refractivity contribution in [3.8, 4) is 0 Å². The quantitative estimate of drug-likeness (QED) is 0.446. The number of guanidine groups is 1. The molecule has 1 unspecified atom stereocenters. The van der Waals surface area contributed by atoms with Crippen molar-refractivity contribution in [1.82, 2.24) is 4.90 Å². The van der Waals surface area contributed by atoms with Gasteiger partial charge in [0.25, 0.3) is 0 Å². The van der Waals surface area contributed by atoms with Gasteiger partial charge in [-0.15, -0.1) is 0 Å². The van der Waals surface area contributed by atoms with Gasteiger partial charge in [-0.1, -0.05) is 13.3 Å². The van der Waals surface area contributed by atoms with Crippen LogP contribution in [-0.2, 0) is 0 Å². The molecule has 0 saturated carbocycles. The van der Waals surface area contributed by atoms with Crippen LogP contribution in [-0.4, -0.2) is 31.0 Å². The Hall–Kier alpha value is -0.730. The number of aliphatic imine (C=N–C) groups is 1. The molecule has 1 atom stereocenters. The molecule has 64 valence electrons. The highest BCUT2D eigenvalue weighted by atomic mass is 15.3. The molecule has 0 aliphatic carbocycles. The van der Waals surface area contributed by atoms with Crippen molar-refractivity contribution in [3.63, 3.8) is 0 Å². The zero-order valence-electron chi connectivity index (χ0n) is 7.38. The first-order chi connectivity index (χ1) is 5.27. The minimum atomic E-state index is 0.695. The number of likely N-dealkylation sites (tertiary alicyclic amines) is 1. The molecule has 0 bridgehead atoms. The third kappa shape index (κ3) is 1.85. The molecule has 1 heterocycles. The molecule has 3 heteroatoms. The summed E-state index contributed by atoms with van der Waals surface area (Å²) in [6.45, 7) is 4.41. The van der Waals surface area contributed by atoms with Crippen molar-refractivity contribution in [2.24, 2.45) is 16.6 Å². The van der Waals surface area contributed by atoms with Crippen LogP contribution < -0.4 is 5.73 Å². The topological polar surface area (TPSA) is 41.6 Å². The molecular formula is C8H17N3. The predicted molar refractivity (Wildman–Crippen MR) is 47.5 cm³/mol. The Kier molecular flexibility index (Phi) is 2.74. The van der Waals surface area contributed by atoms with Gasteiger partial charge in [-0.3, -0.25) is 4.99 Å². The van der Waals surface area contributed by atoms with Gasteiger partial charge in [0.15, 0.2) is 5.96 Å². The van der Waals surface area contributed by atoms with Crippen LogP contribution in [0, 0.1) is 5.92 Å². The normalized spacial score (nSPS) is 26.2. The van der Waals surface area contributed by atoms with E-state index in [9.17, 15) is 0 Å². The van der Waals surface area contributed by atoms with E-state index in [1.54, 1.807) is 7.05 Å². The van der Waals surface area contributed by atoms with Crippen LogP contribution in [0.4, 0.5) is 0 Å². The van der Waals surface area contributed by atoms with Crippen molar-refractivity contribution in [1.29, 1.82) is 0 Å². The molecular weight excluding hydrogens is 138 g/mol. The van der Waals surface area contributed by atoms with Gasteiger partial charge in [0, 0.05) is 20.1 Å². The zero-order valence-corrected chi connectivity index (χ0v) is 7.38. The van der Waals surface area contributed by atoms with Crippen LogP contribution in [0.3, 0.4) is 0 Å². The first-order valence-electron chi connectivity index (χ1n) is 4.25. The average Bonchev–Trinajstić information content (AvgIpc) is 2.50. The van der Waals surface area contributed by atoms with E-state index in [4.69, 9.17) is 5.73 Å². The number of hydrogen-bond donors (Lipinski definition) is 1. The minimum absolute atomic E-state index is 0.695. The minimum Gasteiger partial charge on any atom is -0.370 e. The summed E-state index contributed by atoms with van der Waals surface area (Å²) in [6.07, 6.45) is 2.53. The van der Waals surface area contributed by atoms with E-state index in [1.807, 2.05) is 0 Å². The number of nitrogens with zero attached hydrogens (tertiary/aromatic N) is 2. The fourth-order valence-electron chi connectivity index (χ4n) is 1.52. The molecule has 11 heavy (non-hydrogen) atoms. The second-order valence-corrected chi connectivity index (χ2v) is 3.09. The molecule has 0 aromatic carbocycles. The molecule has 1 saturated heterocycles. The van der Waals surface area contributed by atoms with E-state index in [0.717, 1.165) is 19.0 Å². The van der Waals surface area contributed by atoms with Crippen molar-refractivity contribution >= 4 is 5.96 Å². The second-order valence-electron chi connectivity index (χ2n) is 3.09. The smallest absolute Gasteiger partial charge is 0.190 e. The Morgan fingerprint density at radius 2 is 2.45 bits per heavy atom. The number of rotatable bonds is 1. The van der Waals surface area contributed by atoms with Crippen molar-refractivity contribution in [2.45, 2.75) is 19.8 Å². The summed E-state index contributed by atoms with van der Waals surface area (Å²) in [5.41, 5.74) is 5.67. The van der Waals surface area contributed by atoms with E-state index >= 15 is 0 Å². The first-order valence-corrected chi connectivity index (χ1v) is 4.25. The first kappa shape index (κ1) is 8.37. The summed E-state index contributed by atoms with van der Waals surface area (Å²) in [5.74, 6) is 1.52. The second kappa shape index (κ2) is 3.60. The van der Waals surface area contributed by atoms with Crippen molar-refractivity contribution in [3.05, 3.63) is 0 Å². The van der Waals surface area contributed by atoms with E-state index in [-0.39, 0.29) is 0 Å². The lowest BCUT2D eigenvalue weighted by atomic mass is 10.1. The summed E-state index contributed by atoms with van der Waals surface area (Å²) in [7, 11) is 1.74. The lowest BCUT2D eigenvalue weighted by Gasteiger charge is -2.15. The summed E-state index contributed by atoms with van der Waals surface area (Å²) >= 11 is 0. The van der Waals surface area contributed by atoms with E-state index < -0.39 is 0 Å². The summed E-state index contributed by atoms with van der Waals surface area (Å²) in [6, 6.07) is 0. The maximum absolute atomic E-state index is 5.67. The fourth-order valence-corrected chi connectivity index (χ4v) is 1.52. The van der Waals surface area contributed by atoms with Gasteiger partial charge in [-0.25, -0.2) is 0 Å². The molecule has 1 aliphatic heterocycles. The third-order valence-electron chi connectivity index (χ3n) is 2.42. The third-order valence-corrected chi connectivity index (χ3v) is 2.42. The molecule has 1 fully saturated rings. The Morgan fingerprint density at radius 1 is 1.73 bits per heavy atom. The van der Waals surface area contributed by atoms with E-state index in [1.165, 1.54) is 12.8 Å². The Labute approximate surface area is 68.3 Å². The fraction of sp³-hybridized carbons (Fsp3) is 0.875. The monoisotopic (exact) mass is 155 g/mol. The predicted octanol–water partition coefficient (Wildman–Crippen LogP) is 0.663. The molecule has 1 aliphatic rings. The SMILES string of the molecule is CCC1CCN(C(N)=NC)C1. The maximum Gasteiger partial charge on any atom is 0.190 e. The highest BCUT2D eigenvalue weighted by molar-refractivity contribution is 5.78. The summed E-state index contributed by atoms with van der Waals surface area (Å²) < 4.78 is 0. The highest BCUT2D eigenvalue weighted by Gasteiger charge is 2.21. The van der Waals surface area contributed by atoms with E-state index in [2.05, 4.69) is 16.8 Å². The van der Waals surface area contributed by atoms with Crippen LogP contribution in [0.5, 0.6) is 0 Å². The van der Waals surface area contributed by atoms with Gasteiger partial charge >= 0.3 is 0 Å². The Bertz CT molecular complexity index is 153. The standard InChI is InChI=1S/C8H17N3/c1-3-7-4-5-11(6-7)8(9)10-2/h7H,3-6H2,1-2H3,(H2,9,10). The molecule has 3 nitrogen and oxygen atoms in total. The summed E-state index contributed by atoms with van der Waals surface area (Å²) in [4.78, 5) is 6.12. The lowest BCUT2D eigenvalue weighted by molar-refractivity contribution is 0.467. The van der Waals surface area contributed by atoms with Crippen LogP contribution in [0.2, 0.25) is 0 Å². The van der Waals surface area contributed by atoms with E-state index in [0.29, 0.717) is 5.96 Å². The Balaban J connectivity index is 2.41. The van der Waals surface area contributed by atoms with Gasteiger partial charge in [-0.2, -0.15) is 0 Å². The number of hydrogen-bond acceptors (Lipinski definition) is 1. The molecule has 0 spiro atoms. The van der Waals surface area contributed by atoms with Crippen LogP contribution in [0.25, 0.3) is 0 Å². The van der Waals surface area contributed by atoms with Gasteiger partial charge in [0.1, 0.15) is 0 Å². The lowest BCUT2D eigenvalue weighted by Crippen LogP contribution is -2.35.